The molecular weight excluding hydrogens is 183 g/mol. The molecule has 1 amide bonds. The van der Waals surface area contributed by atoms with Gasteiger partial charge in [-0.1, -0.05) is 0 Å². The number of carbonyl (C=O) groups is 1. The van der Waals surface area contributed by atoms with Crippen molar-refractivity contribution in [3.63, 3.8) is 0 Å². The summed E-state index contributed by atoms with van der Waals surface area (Å²) in [7, 11) is 0. The molecule has 4 heteroatoms. The smallest absolute Gasteiger partial charge is 0.217 e. The Labute approximate surface area is 84.7 Å². The summed E-state index contributed by atoms with van der Waals surface area (Å²) >= 11 is 0. The van der Waals surface area contributed by atoms with Crippen molar-refractivity contribution in [2.24, 2.45) is 0 Å². The molecule has 0 saturated carbocycles. The highest BCUT2D eigenvalue weighted by molar-refractivity contribution is 5.73. The minimum atomic E-state index is -0.935. The van der Waals surface area contributed by atoms with E-state index in [9.17, 15) is 9.18 Å². The molecule has 0 aromatic heterocycles. The zero-order valence-corrected chi connectivity index (χ0v) is 9.09. The number of halogens is 1. The van der Waals surface area contributed by atoms with E-state index in [1.807, 2.05) is 0 Å². The van der Waals surface area contributed by atoms with Gasteiger partial charge in [0, 0.05) is 26.1 Å². The quantitative estimate of drug-likeness (QED) is 0.723. The number of alkyl halides is 1. The molecule has 0 radical (unpaired) electrons. The molecular formula is C10H19FN2O. The lowest BCUT2D eigenvalue weighted by molar-refractivity contribution is -0.120. The van der Waals surface area contributed by atoms with Crippen molar-refractivity contribution in [2.45, 2.75) is 45.4 Å². The molecule has 1 aliphatic rings. The first-order valence-electron chi connectivity index (χ1n) is 5.16. The van der Waals surface area contributed by atoms with Crippen LogP contribution in [0.3, 0.4) is 0 Å². The van der Waals surface area contributed by atoms with Gasteiger partial charge in [-0.15, -0.1) is 0 Å². The van der Waals surface area contributed by atoms with Crippen molar-refractivity contribution in [1.29, 1.82) is 0 Å². The van der Waals surface area contributed by atoms with Gasteiger partial charge >= 0.3 is 0 Å². The molecule has 1 fully saturated rings. The lowest BCUT2D eigenvalue weighted by atomic mass is 10.0. The van der Waals surface area contributed by atoms with Crippen LogP contribution < -0.4 is 5.32 Å². The van der Waals surface area contributed by atoms with Crippen molar-refractivity contribution >= 4 is 5.91 Å². The number of nitrogens with one attached hydrogen (secondary N) is 1. The number of likely N-dealkylation sites (tertiary alicyclic amines) is 1. The lowest BCUT2D eigenvalue weighted by Gasteiger charge is -2.37. The summed E-state index contributed by atoms with van der Waals surface area (Å²) in [6.07, 6.45) is -0.228. The van der Waals surface area contributed by atoms with Crippen LogP contribution in [0.5, 0.6) is 0 Å². The highest BCUT2D eigenvalue weighted by Gasteiger charge is 2.30. The SMILES string of the molecule is CC(=O)N[C@@H]1CCN(C(C)C)C[C@H]1F. The fraction of sp³-hybridized carbons (Fsp3) is 0.900. The molecule has 0 aromatic carbocycles. The van der Waals surface area contributed by atoms with Crippen LogP contribution in [0.25, 0.3) is 0 Å². The Hall–Kier alpha value is -0.640. The Kier molecular flexibility index (Phi) is 3.86. The molecule has 2 atom stereocenters. The topological polar surface area (TPSA) is 32.3 Å². The summed E-state index contributed by atoms with van der Waals surface area (Å²) < 4.78 is 13.6. The van der Waals surface area contributed by atoms with E-state index in [4.69, 9.17) is 0 Å². The van der Waals surface area contributed by atoms with Crippen molar-refractivity contribution < 1.29 is 9.18 Å². The Bertz CT molecular complexity index is 208. The highest BCUT2D eigenvalue weighted by Crippen LogP contribution is 2.16. The highest BCUT2D eigenvalue weighted by atomic mass is 19.1. The number of hydrogen-bond acceptors (Lipinski definition) is 2. The first-order valence-corrected chi connectivity index (χ1v) is 5.16. The maximum atomic E-state index is 13.6. The summed E-state index contributed by atoms with van der Waals surface area (Å²) in [5.41, 5.74) is 0. The van der Waals surface area contributed by atoms with Gasteiger partial charge in [0.1, 0.15) is 6.17 Å². The average molecular weight is 202 g/mol. The van der Waals surface area contributed by atoms with Gasteiger partial charge in [0.25, 0.3) is 0 Å². The van der Waals surface area contributed by atoms with Crippen molar-refractivity contribution in [3.05, 3.63) is 0 Å². The van der Waals surface area contributed by atoms with Gasteiger partial charge in [0.15, 0.2) is 0 Å². The van der Waals surface area contributed by atoms with Gasteiger partial charge in [0.05, 0.1) is 6.04 Å². The fourth-order valence-corrected chi connectivity index (χ4v) is 1.82. The van der Waals surface area contributed by atoms with Gasteiger partial charge in [0.2, 0.25) is 5.91 Å². The molecule has 1 heterocycles. The third-order valence-electron chi connectivity index (χ3n) is 2.69. The zero-order chi connectivity index (χ0) is 10.7. The molecule has 1 rings (SSSR count). The van der Waals surface area contributed by atoms with Crippen LogP contribution >= 0.6 is 0 Å². The van der Waals surface area contributed by atoms with Gasteiger partial charge in [-0.2, -0.15) is 0 Å². The number of rotatable bonds is 2. The monoisotopic (exact) mass is 202 g/mol. The summed E-state index contributed by atoms with van der Waals surface area (Å²) in [6.45, 7) is 6.85. The van der Waals surface area contributed by atoms with Crippen LogP contribution in [0.4, 0.5) is 4.39 Å². The Morgan fingerprint density at radius 3 is 2.64 bits per heavy atom. The predicted molar refractivity (Wildman–Crippen MR) is 53.8 cm³/mol. The molecule has 1 saturated heterocycles. The molecule has 0 spiro atoms. The third kappa shape index (κ3) is 2.94. The zero-order valence-electron chi connectivity index (χ0n) is 9.09. The Morgan fingerprint density at radius 1 is 1.57 bits per heavy atom. The Morgan fingerprint density at radius 2 is 2.21 bits per heavy atom. The second-order valence-electron chi connectivity index (χ2n) is 4.20. The normalized spacial score (nSPS) is 29.2. The molecule has 1 aliphatic heterocycles. The van der Waals surface area contributed by atoms with E-state index >= 15 is 0 Å². The summed E-state index contributed by atoms with van der Waals surface area (Å²) in [5, 5.41) is 2.65. The second kappa shape index (κ2) is 4.73. The molecule has 14 heavy (non-hydrogen) atoms. The van der Waals surface area contributed by atoms with Crippen LogP contribution in [0.15, 0.2) is 0 Å². The number of carbonyl (C=O) groups excluding carboxylic acids is 1. The number of nitrogens with zero attached hydrogens (tertiary/aromatic N) is 1. The standard InChI is InChI=1S/C10H19FN2O/c1-7(2)13-5-4-10(9(11)6-13)12-8(3)14/h7,9-10H,4-6H2,1-3H3,(H,12,14)/t9-,10-/m1/s1. The number of hydrogen-bond donors (Lipinski definition) is 1. The Balaban J connectivity index is 2.43. The van der Waals surface area contributed by atoms with Crippen molar-refractivity contribution in [2.75, 3.05) is 13.1 Å². The van der Waals surface area contributed by atoms with Gasteiger partial charge in [-0.05, 0) is 20.3 Å². The second-order valence-corrected chi connectivity index (χ2v) is 4.20. The van der Waals surface area contributed by atoms with Crippen molar-refractivity contribution in [1.82, 2.24) is 10.2 Å². The first-order chi connectivity index (χ1) is 6.50. The lowest BCUT2D eigenvalue weighted by Crippen LogP contribution is -2.53. The fourth-order valence-electron chi connectivity index (χ4n) is 1.82. The molecule has 3 nitrogen and oxygen atoms in total. The van der Waals surface area contributed by atoms with Gasteiger partial charge in [-0.3, -0.25) is 9.69 Å². The van der Waals surface area contributed by atoms with E-state index in [0.29, 0.717) is 19.0 Å². The average Bonchev–Trinajstić information content (AvgIpc) is 2.07. The molecule has 0 bridgehead atoms. The number of amides is 1. The number of piperidine rings is 1. The van der Waals surface area contributed by atoms with Crippen LogP contribution in [-0.2, 0) is 4.79 Å². The van der Waals surface area contributed by atoms with Gasteiger partial charge in [-0.25, -0.2) is 4.39 Å². The van der Waals surface area contributed by atoms with E-state index in [0.717, 1.165) is 6.54 Å². The van der Waals surface area contributed by atoms with Crippen LogP contribution in [0.2, 0.25) is 0 Å². The third-order valence-corrected chi connectivity index (χ3v) is 2.69. The maximum Gasteiger partial charge on any atom is 0.217 e. The predicted octanol–water partition coefficient (Wildman–Crippen LogP) is 0.943. The minimum absolute atomic E-state index is 0.143. The minimum Gasteiger partial charge on any atom is -0.351 e. The van der Waals surface area contributed by atoms with Gasteiger partial charge < -0.3 is 5.32 Å². The molecule has 1 N–H and O–H groups in total. The summed E-state index contributed by atoms with van der Waals surface area (Å²) in [6, 6.07) is 0.0917. The van der Waals surface area contributed by atoms with E-state index in [2.05, 4.69) is 24.1 Å². The van der Waals surface area contributed by atoms with E-state index in [-0.39, 0.29) is 11.9 Å². The summed E-state index contributed by atoms with van der Waals surface area (Å²) in [5.74, 6) is -0.143. The van der Waals surface area contributed by atoms with Crippen LogP contribution in [-0.4, -0.2) is 42.2 Å². The largest absolute Gasteiger partial charge is 0.351 e. The van der Waals surface area contributed by atoms with E-state index in [1.165, 1.54) is 6.92 Å². The first kappa shape index (κ1) is 11.4. The maximum absolute atomic E-state index is 13.6. The van der Waals surface area contributed by atoms with Crippen molar-refractivity contribution in [3.8, 4) is 0 Å². The summed E-state index contributed by atoms with van der Waals surface area (Å²) in [4.78, 5) is 12.9. The van der Waals surface area contributed by atoms with Crippen LogP contribution in [0.1, 0.15) is 27.2 Å². The van der Waals surface area contributed by atoms with E-state index in [1.54, 1.807) is 0 Å². The van der Waals surface area contributed by atoms with Crippen LogP contribution in [0, 0.1) is 0 Å². The molecule has 0 aromatic rings. The molecule has 0 unspecified atom stereocenters. The molecule has 0 aliphatic carbocycles. The van der Waals surface area contributed by atoms with E-state index < -0.39 is 6.17 Å². The molecule has 82 valence electrons.